The summed E-state index contributed by atoms with van der Waals surface area (Å²) in [5.74, 6) is 1.98. The Bertz CT molecular complexity index is 552. The van der Waals surface area contributed by atoms with Crippen molar-refractivity contribution >= 4 is 11.6 Å². The number of aryl methyl sites for hydroxylation is 1. The molecule has 0 amide bonds. The third-order valence-electron chi connectivity index (χ3n) is 6.24. The molecule has 3 heteroatoms. The van der Waals surface area contributed by atoms with Crippen molar-refractivity contribution in [1.29, 1.82) is 0 Å². The molecule has 0 radical (unpaired) electrons. The van der Waals surface area contributed by atoms with E-state index in [0.29, 0.717) is 17.8 Å². The molecular formula is C24H35ClO2. The number of halogens is 1. The Hall–Kier alpha value is -0.830. The summed E-state index contributed by atoms with van der Waals surface area (Å²) in [5, 5.41) is 0. The molecule has 1 aromatic rings. The standard InChI is InChI=1S/C24H35ClO2/c1-2-3-4-21-17-26-24(27-18-21)14-9-19-5-10-22(11-6-19)23-12-7-20(8-13-23)15-16-25/h5-6,10-11,15-16,20-21,23-24H,2-4,7-9,12-14,17-18H2,1H3. The molecule has 0 spiro atoms. The summed E-state index contributed by atoms with van der Waals surface area (Å²) in [7, 11) is 0. The normalized spacial score (nSPS) is 29.3. The summed E-state index contributed by atoms with van der Waals surface area (Å²) >= 11 is 5.72. The van der Waals surface area contributed by atoms with E-state index >= 15 is 0 Å². The van der Waals surface area contributed by atoms with Crippen LogP contribution < -0.4 is 0 Å². The van der Waals surface area contributed by atoms with Crippen molar-refractivity contribution in [1.82, 2.24) is 0 Å². The zero-order chi connectivity index (χ0) is 18.9. The van der Waals surface area contributed by atoms with Crippen LogP contribution in [0.1, 0.15) is 75.3 Å². The molecule has 1 saturated heterocycles. The first kappa shape index (κ1) is 20.9. The Balaban J connectivity index is 1.39. The molecule has 27 heavy (non-hydrogen) atoms. The van der Waals surface area contributed by atoms with Crippen molar-refractivity contribution in [3.8, 4) is 0 Å². The maximum Gasteiger partial charge on any atom is 0.157 e. The second kappa shape index (κ2) is 11.2. The number of hydrogen-bond acceptors (Lipinski definition) is 2. The molecule has 1 aromatic carbocycles. The quantitative estimate of drug-likeness (QED) is 0.484. The van der Waals surface area contributed by atoms with Crippen LogP contribution in [0.2, 0.25) is 0 Å². The van der Waals surface area contributed by atoms with Gasteiger partial charge >= 0.3 is 0 Å². The van der Waals surface area contributed by atoms with Crippen molar-refractivity contribution in [2.24, 2.45) is 11.8 Å². The number of allylic oxidation sites excluding steroid dienone is 1. The lowest BCUT2D eigenvalue weighted by Crippen LogP contribution is -2.32. The maximum atomic E-state index is 5.92. The number of benzene rings is 1. The lowest BCUT2D eigenvalue weighted by atomic mass is 9.78. The molecule has 2 aliphatic rings. The summed E-state index contributed by atoms with van der Waals surface area (Å²) in [6.45, 7) is 3.97. The minimum Gasteiger partial charge on any atom is -0.352 e. The van der Waals surface area contributed by atoms with Gasteiger partial charge in [0.15, 0.2) is 6.29 Å². The van der Waals surface area contributed by atoms with Gasteiger partial charge in [0.1, 0.15) is 0 Å². The number of unbranched alkanes of at least 4 members (excludes halogenated alkanes) is 1. The third-order valence-corrected chi connectivity index (χ3v) is 6.38. The van der Waals surface area contributed by atoms with E-state index in [4.69, 9.17) is 21.1 Å². The van der Waals surface area contributed by atoms with Crippen molar-refractivity contribution in [3.63, 3.8) is 0 Å². The smallest absolute Gasteiger partial charge is 0.157 e. The van der Waals surface area contributed by atoms with Gasteiger partial charge in [-0.15, -0.1) is 0 Å². The Morgan fingerprint density at radius 2 is 1.70 bits per heavy atom. The molecule has 3 rings (SSSR count). The minimum absolute atomic E-state index is 0.0205. The molecule has 1 saturated carbocycles. The SMILES string of the molecule is CCCCC1COC(CCc2ccc(C3CCC(C=CCl)CC3)cc2)OC1. The molecule has 1 aliphatic heterocycles. The molecule has 0 unspecified atom stereocenters. The summed E-state index contributed by atoms with van der Waals surface area (Å²) in [5.41, 5.74) is 4.57. The predicted octanol–water partition coefficient (Wildman–Crippen LogP) is 6.82. The molecule has 0 atom stereocenters. The Labute approximate surface area is 170 Å². The average molecular weight is 391 g/mol. The number of rotatable bonds is 8. The van der Waals surface area contributed by atoms with Crippen LogP contribution in [0.4, 0.5) is 0 Å². The van der Waals surface area contributed by atoms with Gasteiger partial charge in [0.05, 0.1) is 13.2 Å². The summed E-state index contributed by atoms with van der Waals surface area (Å²) in [6, 6.07) is 9.27. The molecular weight excluding hydrogens is 356 g/mol. The van der Waals surface area contributed by atoms with E-state index in [1.54, 1.807) is 5.54 Å². The van der Waals surface area contributed by atoms with Gasteiger partial charge in [-0.3, -0.25) is 0 Å². The molecule has 1 aliphatic carbocycles. The highest BCUT2D eigenvalue weighted by Crippen LogP contribution is 2.36. The molecule has 2 fully saturated rings. The van der Waals surface area contributed by atoms with Gasteiger partial charge in [-0.1, -0.05) is 61.7 Å². The highest BCUT2D eigenvalue weighted by atomic mass is 35.5. The zero-order valence-corrected chi connectivity index (χ0v) is 17.5. The molecule has 0 N–H and O–H groups in total. The highest BCUT2D eigenvalue weighted by Gasteiger charge is 2.22. The Morgan fingerprint density at radius 1 is 1.00 bits per heavy atom. The second-order valence-corrected chi connectivity index (χ2v) is 8.57. The van der Waals surface area contributed by atoms with E-state index in [2.05, 4.69) is 37.3 Å². The molecule has 150 valence electrons. The van der Waals surface area contributed by atoms with E-state index in [0.717, 1.165) is 26.1 Å². The maximum absolute atomic E-state index is 5.92. The van der Waals surface area contributed by atoms with Gasteiger partial charge in [0.2, 0.25) is 0 Å². The van der Waals surface area contributed by atoms with E-state index in [1.165, 1.54) is 56.1 Å². The molecule has 1 heterocycles. The van der Waals surface area contributed by atoms with E-state index in [-0.39, 0.29) is 6.29 Å². The first-order valence-electron chi connectivity index (χ1n) is 10.9. The number of hydrogen-bond donors (Lipinski definition) is 0. The van der Waals surface area contributed by atoms with Crippen LogP contribution in [0.5, 0.6) is 0 Å². The van der Waals surface area contributed by atoms with E-state index in [1.807, 2.05) is 0 Å². The Kier molecular flexibility index (Phi) is 8.70. The van der Waals surface area contributed by atoms with Crippen molar-refractivity contribution in [3.05, 3.63) is 47.0 Å². The van der Waals surface area contributed by atoms with Crippen LogP contribution >= 0.6 is 11.6 Å². The van der Waals surface area contributed by atoms with Crippen LogP contribution in [0.15, 0.2) is 35.9 Å². The van der Waals surface area contributed by atoms with Crippen LogP contribution in [0.3, 0.4) is 0 Å². The van der Waals surface area contributed by atoms with Crippen molar-refractivity contribution in [2.75, 3.05) is 13.2 Å². The molecule has 2 nitrogen and oxygen atoms in total. The first-order chi connectivity index (χ1) is 13.3. The highest BCUT2D eigenvalue weighted by molar-refractivity contribution is 6.25. The van der Waals surface area contributed by atoms with Crippen LogP contribution in [-0.4, -0.2) is 19.5 Å². The van der Waals surface area contributed by atoms with Gasteiger partial charge < -0.3 is 9.47 Å². The average Bonchev–Trinajstić information content (AvgIpc) is 2.73. The number of ether oxygens (including phenoxy) is 2. The minimum atomic E-state index is -0.0205. The fourth-order valence-electron chi connectivity index (χ4n) is 4.40. The van der Waals surface area contributed by atoms with Gasteiger partial charge in [-0.25, -0.2) is 0 Å². The molecule has 0 aromatic heterocycles. The van der Waals surface area contributed by atoms with Crippen molar-refractivity contribution < 1.29 is 9.47 Å². The zero-order valence-electron chi connectivity index (χ0n) is 16.7. The largest absolute Gasteiger partial charge is 0.352 e. The fourth-order valence-corrected chi connectivity index (χ4v) is 4.60. The fraction of sp³-hybridized carbons (Fsp3) is 0.667. The second-order valence-electron chi connectivity index (χ2n) is 8.31. The van der Waals surface area contributed by atoms with Crippen LogP contribution in [0, 0.1) is 11.8 Å². The van der Waals surface area contributed by atoms with Crippen LogP contribution in [0.25, 0.3) is 0 Å². The summed E-state index contributed by atoms with van der Waals surface area (Å²) in [6.07, 6.45) is 12.9. The van der Waals surface area contributed by atoms with E-state index in [9.17, 15) is 0 Å². The predicted molar refractivity (Wildman–Crippen MR) is 113 cm³/mol. The lowest BCUT2D eigenvalue weighted by molar-refractivity contribution is -0.203. The lowest BCUT2D eigenvalue weighted by Gasteiger charge is -2.29. The van der Waals surface area contributed by atoms with Gasteiger partial charge in [-0.05, 0) is 61.5 Å². The first-order valence-corrected chi connectivity index (χ1v) is 11.3. The van der Waals surface area contributed by atoms with Gasteiger partial charge in [0, 0.05) is 17.9 Å². The monoisotopic (exact) mass is 390 g/mol. The van der Waals surface area contributed by atoms with Gasteiger partial charge in [-0.2, -0.15) is 0 Å². The van der Waals surface area contributed by atoms with Crippen molar-refractivity contribution in [2.45, 2.75) is 76.9 Å². The van der Waals surface area contributed by atoms with E-state index < -0.39 is 0 Å². The van der Waals surface area contributed by atoms with Gasteiger partial charge in [0.25, 0.3) is 0 Å². The topological polar surface area (TPSA) is 18.5 Å². The van der Waals surface area contributed by atoms with Crippen LogP contribution in [-0.2, 0) is 15.9 Å². The summed E-state index contributed by atoms with van der Waals surface area (Å²) < 4.78 is 11.8. The summed E-state index contributed by atoms with van der Waals surface area (Å²) in [4.78, 5) is 0. The Morgan fingerprint density at radius 3 is 2.33 bits per heavy atom. The molecule has 0 bridgehead atoms. The third kappa shape index (κ3) is 6.62.